The van der Waals surface area contributed by atoms with Crippen LogP contribution in [-0.4, -0.2) is 34.4 Å². The summed E-state index contributed by atoms with van der Waals surface area (Å²) in [7, 11) is -3.11. The molecule has 20 heavy (non-hydrogen) atoms. The number of sulfone groups is 1. The number of hydrogen-bond donors (Lipinski definition) is 1. The van der Waals surface area contributed by atoms with E-state index in [9.17, 15) is 8.42 Å². The van der Waals surface area contributed by atoms with Gasteiger partial charge in [-0.2, -0.15) is 0 Å². The van der Waals surface area contributed by atoms with E-state index in [4.69, 9.17) is 4.74 Å². The number of ether oxygens (including phenoxy) is 1. The smallest absolute Gasteiger partial charge is 0.175 e. The van der Waals surface area contributed by atoms with E-state index < -0.39 is 9.84 Å². The van der Waals surface area contributed by atoms with E-state index in [0.29, 0.717) is 10.8 Å². The molecule has 1 atom stereocenters. The Balaban J connectivity index is 1.90. The van der Waals surface area contributed by atoms with Crippen molar-refractivity contribution in [2.45, 2.75) is 30.7 Å². The standard InChI is InChI=1S/C15H23NO3S/c1-12(16-11-13-7-9-19-10-8-13)14-3-5-15(6-4-14)20(2,17)18/h3-6,12-13,16H,7-11H2,1-2H3. The summed E-state index contributed by atoms with van der Waals surface area (Å²) in [6, 6.07) is 7.36. The first kappa shape index (κ1) is 15.5. The summed E-state index contributed by atoms with van der Waals surface area (Å²) in [5.74, 6) is 0.682. The summed E-state index contributed by atoms with van der Waals surface area (Å²) in [6.07, 6.45) is 3.47. The molecule has 1 aliphatic heterocycles. The highest BCUT2D eigenvalue weighted by molar-refractivity contribution is 7.90. The highest BCUT2D eigenvalue weighted by atomic mass is 32.2. The summed E-state index contributed by atoms with van der Waals surface area (Å²) in [6.45, 7) is 4.82. The predicted octanol–water partition coefficient (Wildman–Crippen LogP) is 2.17. The maximum Gasteiger partial charge on any atom is 0.175 e. The molecule has 0 saturated carbocycles. The second kappa shape index (κ2) is 6.70. The van der Waals surface area contributed by atoms with Crippen molar-refractivity contribution < 1.29 is 13.2 Å². The van der Waals surface area contributed by atoms with Crippen molar-refractivity contribution >= 4 is 9.84 Å². The van der Waals surface area contributed by atoms with Gasteiger partial charge < -0.3 is 10.1 Å². The van der Waals surface area contributed by atoms with E-state index >= 15 is 0 Å². The summed E-state index contributed by atoms with van der Waals surface area (Å²) in [5, 5.41) is 3.52. The normalized spacial score (nSPS) is 18.9. The SMILES string of the molecule is CC(NCC1CCOCC1)c1ccc(S(C)(=O)=O)cc1. The zero-order valence-electron chi connectivity index (χ0n) is 12.1. The first-order chi connectivity index (χ1) is 9.47. The van der Waals surface area contributed by atoms with Gasteiger partial charge in [-0.05, 0) is 49.9 Å². The van der Waals surface area contributed by atoms with Gasteiger partial charge in [0.1, 0.15) is 0 Å². The Morgan fingerprint density at radius 1 is 1.25 bits per heavy atom. The third-order valence-corrected chi connectivity index (χ3v) is 4.99. The number of benzene rings is 1. The second-order valence-electron chi connectivity index (χ2n) is 5.53. The largest absolute Gasteiger partial charge is 0.381 e. The lowest BCUT2D eigenvalue weighted by molar-refractivity contribution is 0.0656. The van der Waals surface area contributed by atoms with Crippen LogP contribution < -0.4 is 5.32 Å². The van der Waals surface area contributed by atoms with Gasteiger partial charge in [-0.25, -0.2) is 8.42 Å². The molecule has 2 rings (SSSR count). The molecule has 0 aliphatic carbocycles. The molecule has 0 bridgehead atoms. The molecule has 0 aromatic heterocycles. The molecule has 5 heteroatoms. The van der Waals surface area contributed by atoms with Crippen molar-refractivity contribution in [3.8, 4) is 0 Å². The van der Waals surface area contributed by atoms with E-state index in [1.807, 2.05) is 12.1 Å². The summed E-state index contributed by atoms with van der Waals surface area (Å²) >= 11 is 0. The highest BCUT2D eigenvalue weighted by Gasteiger charge is 2.15. The molecule has 1 fully saturated rings. The molecule has 1 saturated heterocycles. The maximum atomic E-state index is 11.4. The van der Waals surface area contributed by atoms with Crippen LogP contribution in [0.5, 0.6) is 0 Å². The Morgan fingerprint density at radius 2 is 1.85 bits per heavy atom. The van der Waals surface area contributed by atoms with Crippen LogP contribution in [-0.2, 0) is 14.6 Å². The van der Waals surface area contributed by atoms with E-state index in [1.165, 1.54) is 6.26 Å². The summed E-state index contributed by atoms with van der Waals surface area (Å²) in [4.78, 5) is 0.373. The molecule has 112 valence electrons. The lowest BCUT2D eigenvalue weighted by atomic mass is 9.99. The van der Waals surface area contributed by atoms with Gasteiger partial charge in [0.2, 0.25) is 0 Å². The minimum atomic E-state index is -3.11. The minimum absolute atomic E-state index is 0.228. The molecule has 1 aromatic carbocycles. The number of nitrogens with one attached hydrogen (secondary N) is 1. The fourth-order valence-corrected chi connectivity index (χ4v) is 3.05. The monoisotopic (exact) mass is 297 g/mol. The molecule has 0 spiro atoms. The molecule has 1 heterocycles. The van der Waals surface area contributed by atoms with Gasteiger partial charge in [-0.1, -0.05) is 12.1 Å². The Bertz CT molecular complexity index is 519. The Labute approximate surface area is 121 Å². The third kappa shape index (κ3) is 4.30. The third-order valence-electron chi connectivity index (χ3n) is 3.86. The Morgan fingerprint density at radius 3 is 2.40 bits per heavy atom. The summed E-state index contributed by atoms with van der Waals surface area (Å²) in [5.41, 5.74) is 1.12. The average molecular weight is 297 g/mol. The fraction of sp³-hybridized carbons (Fsp3) is 0.600. The first-order valence-electron chi connectivity index (χ1n) is 7.08. The zero-order valence-corrected chi connectivity index (χ0v) is 12.9. The van der Waals surface area contributed by atoms with E-state index in [0.717, 1.165) is 38.2 Å². The van der Waals surface area contributed by atoms with Crippen molar-refractivity contribution in [2.24, 2.45) is 5.92 Å². The van der Waals surface area contributed by atoms with Crippen LogP contribution in [0.25, 0.3) is 0 Å². The number of rotatable bonds is 5. The van der Waals surface area contributed by atoms with Gasteiger partial charge in [-0.3, -0.25) is 0 Å². The lowest BCUT2D eigenvalue weighted by Crippen LogP contribution is -2.29. The van der Waals surface area contributed by atoms with Crippen LogP contribution >= 0.6 is 0 Å². The van der Waals surface area contributed by atoms with E-state index in [1.54, 1.807) is 12.1 Å². The number of hydrogen-bond acceptors (Lipinski definition) is 4. The van der Waals surface area contributed by atoms with Gasteiger partial charge in [0, 0.05) is 25.5 Å². The predicted molar refractivity (Wildman–Crippen MR) is 79.5 cm³/mol. The molecule has 4 nitrogen and oxygen atoms in total. The van der Waals surface area contributed by atoms with Crippen molar-refractivity contribution in [2.75, 3.05) is 26.0 Å². The van der Waals surface area contributed by atoms with E-state index in [-0.39, 0.29) is 6.04 Å². The lowest BCUT2D eigenvalue weighted by Gasteiger charge is -2.24. The molecule has 1 N–H and O–H groups in total. The van der Waals surface area contributed by atoms with Crippen molar-refractivity contribution in [1.82, 2.24) is 5.32 Å². The molecule has 0 radical (unpaired) electrons. The Hall–Kier alpha value is -0.910. The highest BCUT2D eigenvalue weighted by Crippen LogP contribution is 2.18. The van der Waals surface area contributed by atoms with Gasteiger partial charge in [0.25, 0.3) is 0 Å². The van der Waals surface area contributed by atoms with Crippen LogP contribution in [0, 0.1) is 5.92 Å². The second-order valence-corrected chi connectivity index (χ2v) is 7.54. The van der Waals surface area contributed by atoms with Crippen molar-refractivity contribution in [3.63, 3.8) is 0 Å². The first-order valence-corrected chi connectivity index (χ1v) is 8.97. The van der Waals surface area contributed by atoms with Crippen LogP contribution in [0.2, 0.25) is 0 Å². The van der Waals surface area contributed by atoms with Crippen LogP contribution in [0.3, 0.4) is 0 Å². The maximum absolute atomic E-state index is 11.4. The van der Waals surface area contributed by atoms with Crippen molar-refractivity contribution in [3.05, 3.63) is 29.8 Å². The fourth-order valence-electron chi connectivity index (χ4n) is 2.42. The van der Waals surface area contributed by atoms with Gasteiger partial charge in [0.05, 0.1) is 4.90 Å². The van der Waals surface area contributed by atoms with Crippen molar-refractivity contribution in [1.29, 1.82) is 0 Å². The average Bonchev–Trinajstić information content (AvgIpc) is 2.45. The Kier molecular flexibility index (Phi) is 5.18. The zero-order chi connectivity index (χ0) is 14.6. The molecule has 1 unspecified atom stereocenters. The van der Waals surface area contributed by atoms with Gasteiger partial charge in [0.15, 0.2) is 9.84 Å². The van der Waals surface area contributed by atoms with Crippen LogP contribution in [0.15, 0.2) is 29.2 Å². The van der Waals surface area contributed by atoms with Gasteiger partial charge >= 0.3 is 0 Å². The molecular weight excluding hydrogens is 274 g/mol. The molecule has 1 aliphatic rings. The van der Waals surface area contributed by atoms with Gasteiger partial charge in [-0.15, -0.1) is 0 Å². The topological polar surface area (TPSA) is 55.4 Å². The van der Waals surface area contributed by atoms with Crippen LogP contribution in [0.4, 0.5) is 0 Å². The molecule has 0 amide bonds. The minimum Gasteiger partial charge on any atom is -0.381 e. The molecule has 1 aromatic rings. The summed E-state index contributed by atoms with van der Waals surface area (Å²) < 4.78 is 28.2. The quantitative estimate of drug-likeness (QED) is 0.905. The van der Waals surface area contributed by atoms with E-state index in [2.05, 4.69) is 12.2 Å². The van der Waals surface area contributed by atoms with Crippen LogP contribution in [0.1, 0.15) is 31.4 Å². The molecular formula is C15H23NO3S.